The van der Waals surface area contributed by atoms with E-state index in [1.165, 1.54) is 16.7 Å². The van der Waals surface area contributed by atoms with Gasteiger partial charge in [0.25, 0.3) is 0 Å². The number of guanidine groups is 1. The van der Waals surface area contributed by atoms with Gasteiger partial charge in [-0.15, -0.1) is 0 Å². The highest BCUT2D eigenvalue weighted by Gasteiger charge is 2.13. The van der Waals surface area contributed by atoms with Crippen LogP contribution in [-0.4, -0.2) is 31.5 Å². The van der Waals surface area contributed by atoms with E-state index >= 15 is 0 Å². The van der Waals surface area contributed by atoms with Gasteiger partial charge in [-0.3, -0.25) is 4.99 Å². The van der Waals surface area contributed by atoms with Gasteiger partial charge in [0.05, 0.1) is 12.6 Å². The van der Waals surface area contributed by atoms with Gasteiger partial charge in [0.15, 0.2) is 5.96 Å². The molecule has 23 heavy (non-hydrogen) atoms. The van der Waals surface area contributed by atoms with Crippen LogP contribution in [0.15, 0.2) is 53.5 Å². The molecular formula is C19H26N4. The molecule has 0 aliphatic rings. The van der Waals surface area contributed by atoms with Crippen LogP contribution in [0.4, 0.5) is 5.69 Å². The standard InChI is InChI=1S/C19H26N4/c1-14-10-15(2)12-17(11-14)22-19(20)21-13-18(23(3)4)16-8-6-5-7-9-16/h5-12,18H,13H2,1-4H3,(H3,20,21,22). The van der Waals surface area contributed by atoms with E-state index < -0.39 is 0 Å². The maximum atomic E-state index is 6.05. The molecule has 2 rings (SSSR count). The largest absolute Gasteiger partial charge is 0.370 e. The molecule has 0 aliphatic heterocycles. The van der Waals surface area contributed by atoms with Crippen LogP contribution in [-0.2, 0) is 0 Å². The van der Waals surface area contributed by atoms with Crippen molar-refractivity contribution >= 4 is 11.6 Å². The van der Waals surface area contributed by atoms with E-state index in [0.29, 0.717) is 12.5 Å². The van der Waals surface area contributed by atoms with Crippen molar-refractivity contribution in [3.8, 4) is 0 Å². The molecule has 3 N–H and O–H groups in total. The number of hydrogen-bond acceptors (Lipinski definition) is 2. The second-order valence-corrected chi connectivity index (χ2v) is 6.12. The van der Waals surface area contributed by atoms with Gasteiger partial charge in [0.1, 0.15) is 0 Å². The Labute approximate surface area is 139 Å². The Morgan fingerprint density at radius 3 is 2.26 bits per heavy atom. The van der Waals surface area contributed by atoms with Crippen LogP contribution in [0.1, 0.15) is 22.7 Å². The van der Waals surface area contributed by atoms with E-state index in [1.807, 2.05) is 18.2 Å². The molecule has 4 nitrogen and oxygen atoms in total. The first kappa shape index (κ1) is 17.0. The molecule has 0 heterocycles. The summed E-state index contributed by atoms with van der Waals surface area (Å²) in [6, 6.07) is 16.8. The summed E-state index contributed by atoms with van der Waals surface area (Å²) in [6.45, 7) is 4.76. The van der Waals surface area contributed by atoms with E-state index in [0.717, 1.165) is 5.69 Å². The topological polar surface area (TPSA) is 53.6 Å². The SMILES string of the molecule is Cc1cc(C)cc(NC(N)=NCC(c2ccccc2)N(C)C)c1. The van der Waals surface area contributed by atoms with Gasteiger partial charge in [-0.25, -0.2) is 0 Å². The first-order chi connectivity index (χ1) is 11.0. The van der Waals surface area contributed by atoms with Crippen LogP contribution in [0.5, 0.6) is 0 Å². The molecule has 1 unspecified atom stereocenters. The number of hydrogen-bond donors (Lipinski definition) is 2. The fourth-order valence-electron chi connectivity index (χ4n) is 2.66. The monoisotopic (exact) mass is 310 g/mol. The number of likely N-dealkylation sites (N-methyl/N-ethyl adjacent to an activating group) is 1. The Morgan fingerprint density at radius 1 is 1.09 bits per heavy atom. The van der Waals surface area contributed by atoms with Crippen LogP contribution in [0.3, 0.4) is 0 Å². The van der Waals surface area contributed by atoms with Crippen molar-refractivity contribution in [2.75, 3.05) is 26.0 Å². The van der Waals surface area contributed by atoms with Crippen molar-refractivity contribution < 1.29 is 0 Å². The minimum atomic E-state index is 0.204. The maximum Gasteiger partial charge on any atom is 0.193 e. The lowest BCUT2D eigenvalue weighted by atomic mass is 10.1. The predicted molar refractivity (Wildman–Crippen MR) is 98.9 cm³/mol. The predicted octanol–water partition coefficient (Wildman–Crippen LogP) is 3.33. The first-order valence-electron chi connectivity index (χ1n) is 7.82. The van der Waals surface area contributed by atoms with Crippen molar-refractivity contribution in [3.05, 3.63) is 65.2 Å². The molecule has 4 heteroatoms. The molecule has 0 spiro atoms. The van der Waals surface area contributed by atoms with Gasteiger partial charge in [-0.2, -0.15) is 0 Å². The number of anilines is 1. The number of nitrogens with two attached hydrogens (primary N) is 1. The van der Waals surface area contributed by atoms with Gasteiger partial charge in [-0.1, -0.05) is 36.4 Å². The van der Waals surface area contributed by atoms with Crippen molar-refractivity contribution in [3.63, 3.8) is 0 Å². The summed E-state index contributed by atoms with van der Waals surface area (Å²) < 4.78 is 0. The van der Waals surface area contributed by atoms with Crippen molar-refractivity contribution in [2.45, 2.75) is 19.9 Å². The Bertz CT molecular complexity index is 642. The summed E-state index contributed by atoms with van der Waals surface area (Å²) in [7, 11) is 4.11. The molecule has 0 amide bonds. The second kappa shape index (κ2) is 7.79. The molecule has 0 saturated heterocycles. The van der Waals surface area contributed by atoms with Crippen LogP contribution >= 0.6 is 0 Å². The zero-order chi connectivity index (χ0) is 16.8. The quantitative estimate of drug-likeness (QED) is 0.658. The number of benzene rings is 2. The van der Waals surface area contributed by atoms with Crippen molar-refractivity contribution in [1.29, 1.82) is 0 Å². The van der Waals surface area contributed by atoms with E-state index in [4.69, 9.17) is 5.73 Å². The Balaban J connectivity index is 2.07. The molecule has 122 valence electrons. The van der Waals surface area contributed by atoms with Gasteiger partial charge >= 0.3 is 0 Å². The fraction of sp³-hybridized carbons (Fsp3) is 0.316. The van der Waals surface area contributed by atoms with Crippen molar-refractivity contribution in [2.24, 2.45) is 10.7 Å². The zero-order valence-electron chi connectivity index (χ0n) is 14.4. The molecular weight excluding hydrogens is 284 g/mol. The number of aryl methyl sites for hydroxylation is 2. The lowest BCUT2D eigenvalue weighted by Crippen LogP contribution is -2.27. The van der Waals surface area contributed by atoms with Gasteiger partial charge < -0.3 is 16.0 Å². The van der Waals surface area contributed by atoms with Gasteiger partial charge in [0, 0.05) is 5.69 Å². The Morgan fingerprint density at radius 2 is 1.70 bits per heavy atom. The molecule has 2 aromatic rings. The van der Waals surface area contributed by atoms with E-state index in [-0.39, 0.29) is 6.04 Å². The Kier molecular flexibility index (Phi) is 5.77. The Hall–Kier alpha value is -2.33. The lowest BCUT2D eigenvalue weighted by molar-refractivity contribution is 0.306. The van der Waals surface area contributed by atoms with E-state index in [1.54, 1.807) is 0 Å². The van der Waals surface area contributed by atoms with Crippen LogP contribution in [0.2, 0.25) is 0 Å². The summed E-state index contributed by atoms with van der Waals surface area (Å²) in [5.41, 5.74) is 10.7. The molecule has 2 aromatic carbocycles. The number of aliphatic imine (C=N–C) groups is 1. The molecule has 0 radical (unpaired) electrons. The molecule has 0 saturated carbocycles. The highest BCUT2D eigenvalue weighted by atomic mass is 15.1. The highest BCUT2D eigenvalue weighted by molar-refractivity contribution is 5.92. The summed E-state index contributed by atoms with van der Waals surface area (Å²) in [4.78, 5) is 6.67. The van der Waals surface area contributed by atoms with Crippen LogP contribution < -0.4 is 11.1 Å². The van der Waals surface area contributed by atoms with E-state index in [9.17, 15) is 0 Å². The maximum absolute atomic E-state index is 6.05. The molecule has 0 aromatic heterocycles. The van der Waals surface area contributed by atoms with Gasteiger partial charge in [0.2, 0.25) is 0 Å². The summed E-state index contributed by atoms with van der Waals surface area (Å²) in [6.07, 6.45) is 0. The smallest absolute Gasteiger partial charge is 0.193 e. The van der Waals surface area contributed by atoms with Crippen LogP contribution in [0, 0.1) is 13.8 Å². The number of nitrogens with one attached hydrogen (secondary N) is 1. The first-order valence-corrected chi connectivity index (χ1v) is 7.82. The minimum Gasteiger partial charge on any atom is -0.370 e. The third kappa shape index (κ3) is 5.11. The number of nitrogens with zero attached hydrogens (tertiary/aromatic N) is 2. The fourth-order valence-corrected chi connectivity index (χ4v) is 2.66. The molecule has 0 fully saturated rings. The third-order valence-corrected chi connectivity index (χ3v) is 3.74. The lowest BCUT2D eigenvalue weighted by Gasteiger charge is -2.23. The van der Waals surface area contributed by atoms with Crippen molar-refractivity contribution in [1.82, 2.24) is 4.90 Å². The second-order valence-electron chi connectivity index (χ2n) is 6.12. The molecule has 0 bridgehead atoms. The average molecular weight is 310 g/mol. The van der Waals surface area contributed by atoms with E-state index in [2.05, 4.69) is 73.5 Å². The number of rotatable bonds is 5. The van der Waals surface area contributed by atoms with Crippen LogP contribution in [0.25, 0.3) is 0 Å². The summed E-state index contributed by atoms with van der Waals surface area (Å²) >= 11 is 0. The molecule has 1 atom stereocenters. The minimum absolute atomic E-state index is 0.204. The third-order valence-electron chi connectivity index (χ3n) is 3.74. The average Bonchev–Trinajstić information content (AvgIpc) is 2.47. The highest BCUT2D eigenvalue weighted by Crippen LogP contribution is 2.18. The zero-order valence-corrected chi connectivity index (χ0v) is 14.4. The normalized spacial score (nSPS) is 13.2. The van der Waals surface area contributed by atoms with Gasteiger partial charge in [-0.05, 0) is 56.8 Å². The molecule has 0 aliphatic carbocycles. The summed E-state index contributed by atoms with van der Waals surface area (Å²) in [5.74, 6) is 0.442. The summed E-state index contributed by atoms with van der Waals surface area (Å²) in [5, 5.41) is 3.18.